The first-order chi connectivity index (χ1) is 13.6. The summed E-state index contributed by atoms with van der Waals surface area (Å²) in [6.07, 6.45) is 0. The topological polar surface area (TPSA) is 38.3 Å². The van der Waals surface area contributed by atoms with Crippen LogP contribution in [-0.4, -0.2) is 12.5 Å². The number of ether oxygens (including phenoxy) is 1. The molecule has 0 aromatic heterocycles. The van der Waals surface area contributed by atoms with E-state index in [9.17, 15) is 4.79 Å². The lowest BCUT2D eigenvalue weighted by Gasteiger charge is -2.19. The number of thioether (sulfide) groups is 1. The molecule has 3 rings (SSSR count). The molecule has 0 aliphatic heterocycles. The highest BCUT2D eigenvalue weighted by Gasteiger charge is 2.24. The van der Waals surface area contributed by atoms with Crippen molar-refractivity contribution in [1.82, 2.24) is 0 Å². The van der Waals surface area contributed by atoms with Gasteiger partial charge in [-0.15, -0.1) is 11.8 Å². The van der Waals surface area contributed by atoms with Crippen molar-refractivity contribution in [1.29, 1.82) is 0 Å². The van der Waals surface area contributed by atoms with Crippen molar-refractivity contribution in [2.24, 2.45) is 0 Å². The van der Waals surface area contributed by atoms with E-state index in [2.05, 4.69) is 5.32 Å². The van der Waals surface area contributed by atoms with Gasteiger partial charge in [0.15, 0.2) is 0 Å². The molecule has 0 saturated carbocycles. The largest absolute Gasteiger partial charge is 0.492 e. The number of hydrogen-bond donors (Lipinski definition) is 1. The second kappa shape index (κ2) is 9.87. The van der Waals surface area contributed by atoms with E-state index in [1.165, 1.54) is 11.8 Å². The third-order valence-corrected chi connectivity index (χ3v) is 5.91. The third-order valence-electron chi connectivity index (χ3n) is 3.92. The Morgan fingerprint density at radius 3 is 2.50 bits per heavy atom. The molecule has 3 aromatic rings. The highest BCUT2D eigenvalue weighted by molar-refractivity contribution is 8.00. The van der Waals surface area contributed by atoms with Gasteiger partial charge in [0.25, 0.3) is 0 Å². The number of para-hydroxylation sites is 2. The van der Waals surface area contributed by atoms with E-state index in [1.807, 2.05) is 61.5 Å². The summed E-state index contributed by atoms with van der Waals surface area (Å²) >= 11 is 13.8. The summed E-state index contributed by atoms with van der Waals surface area (Å²) in [6.45, 7) is 2.42. The Kier molecular flexibility index (Phi) is 7.26. The zero-order valence-corrected chi connectivity index (χ0v) is 17.5. The number of rotatable bonds is 7. The summed E-state index contributed by atoms with van der Waals surface area (Å²) in [4.78, 5) is 14.0. The van der Waals surface area contributed by atoms with E-state index in [-0.39, 0.29) is 5.91 Å². The first-order valence-corrected chi connectivity index (χ1v) is 10.4. The predicted octanol–water partition coefficient (Wildman–Crippen LogP) is 6.86. The molecule has 0 saturated heterocycles. The lowest BCUT2D eigenvalue weighted by Crippen LogP contribution is -2.19. The zero-order chi connectivity index (χ0) is 19.9. The van der Waals surface area contributed by atoms with Crippen LogP contribution in [0.15, 0.2) is 77.7 Å². The molecule has 0 bridgehead atoms. The minimum absolute atomic E-state index is 0.167. The van der Waals surface area contributed by atoms with E-state index in [0.717, 1.165) is 10.5 Å². The quantitative estimate of drug-likeness (QED) is 0.415. The molecule has 0 heterocycles. The summed E-state index contributed by atoms with van der Waals surface area (Å²) < 4.78 is 5.62. The van der Waals surface area contributed by atoms with Crippen molar-refractivity contribution in [2.45, 2.75) is 17.1 Å². The van der Waals surface area contributed by atoms with Gasteiger partial charge in [-0.2, -0.15) is 0 Å². The summed E-state index contributed by atoms with van der Waals surface area (Å²) in [5.41, 5.74) is 1.50. The number of carbonyl (C=O) groups is 1. The van der Waals surface area contributed by atoms with E-state index in [4.69, 9.17) is 27.9 Å². The number of hydrogen-bond acceptors (Lipinski definition) is 3. The van der Waals surface area contributed by atoms with Gasteiger partial charge in [0.2, 0.25) is 5.91 Å². The standard InChI is InChI=1S/C22H19Cl2NO2S/c1-2-27-19-11-7-6-10-18(19)25-22(26)21(15-8-4-3-5-9-15)28-20-14-16(23)12-13-17(20)24/h3-14,21H,2H2,1H3,(H,25,26)/t21-/m1/s1. The molecule has 1 N–H and O–H groups in total. The van der Waals surface area contributed by atoms with E-state index >= 15 is 0 Å². The van der Waals surface area contributed by atoms with Crippen LogP contribution in [0.2, 0.25) is 10.0 Å². The first-order valence-electron chi connectivity index (χ1n) is 8.78. The van der Waals surface area contributed by atoms with Crippen molar-refractivity contribution in [3.8, 4) is 5.75 Å². The highest BCUT2D eigenvalue weighted by atomic mass is 35.5. The molecule has 3 nitrogen and oxygen atoms in total. The molecule has 28 heavy (non-hydrogen) atoms. The van der Waals surface area contributed by atoms with Gasteiger partial charge in [-0.05, 0) is 42.8 Å². The van der Waals surface area contributed by atoms with Crippen molar-refractivity contribution >= 4 is 46.6 Å². The average molecular weight is 432 g/mol. The fourth-order valence-corrected chi connectivity index (χ4v) is 4.22. The van der Waals surface area contributed by atoms with Crippen LogP contribution >= 0.6 is 35.0 Å². The molecule has 0 spiro atoms. The Hall–Kier alpha value is -2.14. The van der Waals surface area contributed by atoms with Gasteiger partial charge in [-0.3, -0.25) is 4.79 Å². The Balaban J connectivity index is 1.91. The lowest BCUT2D eigenvalue weighted by atomic mass is 10.1. The number of amides is 1. The van der Waals surface area contributed by atoms with Crippen LogP contribution in [-0.2, 0) is 4.79 Å². The normalized spacial score (nSPS) is 11.7. The van der Waals surface area contributed by atoms with Crippen molar-refractivity contribution < 1.29 is 9.53 Å². The number of nitrogens with one attached hydrogen (secondary N) is 1. The van der Waals surface area contributed by atoms with Gasteiger partial charge in [-0.25, -0.2) is 0 Å². The van der Waals surface area contributed by atoms with Crippen LogP contribution < -0.4 is 10.1 Å². The third kappa shape index (κ3) is 5.22. The molecule has 0 radical (unpaired) electrons. The fourth-order valence-electron chi connectivity index (χ4n) is 2.64. The summed E-state index contributed by atoms with van der Waals surface area (Å²) in [5, 5.41) is 3.60. The lowest BCUT2D eigenvalue weighted by molar-refractivity contribution is -0.115. The summed E-state index contributed by atoms with van der Waals surface area (Å²) in [7, 11) is 0. The second-order valence-corrected chi connectivity index (χ2v) is 7.89. The Bertz CT molecular complexity index is 950. The molecule has 144 valence electrons. The van der Waals surface area contributed by atoms with Crippen LogP contribution in [0.25, 0.3) is 0 Å². The number of anilines is 1. The molecule has 0 unspecified atom stereocenters. The monoisotopic (exact) mass is 431 g/mol. The van der Waals surface area contributed by atoms with Gasteiger partial charge >= 0.3 is 0 Å². The average Bonchev–Trinajstić information content (AvgIpc) is 2.71. The minimum Gasteiger partial charge on any atom is -0.492 e. The highest BCUT2D eigenvalue weighted by Crippen LogP contribution is 2.41. The van der Waals surface area contributed by atoms with Crippen LogP contribution in [0.3, 0.4) is 0 Å². The Morgan fingerprint density at radius 1 is 1.04 bits per heavy atom. The van der Waals surface area contributed by atoms with Crippen molar-refractivity contribution in [2.75, 3.05) is 11.9 Å². The Morgan fingerprint density at radius 2 is 1.75 bits per heavy atom. The van der Waals surface area contributed by atoms with Gasteiger partial charge in [-0.1, -0.05) is 65.7 Å². The maximum Gasteiger partial charge on any atom is 0.242 e. The molecule has 0 aliphatic carbocycles. The van der Waals surface area contributed by atoms with Crippen LogP contribution in [0.4, 0.5) is 5.69 Å². The van der Waals surface area contributed by atoms with E-state index in [1.54, 1.807) is 18.2 Å². The van der Waals surface area contributed by atoms with Crippen LogP contribution in [0, 0.1) is 0 Å². The maximum atomic E-state index is 13.2. The van der Waals surface area contributed by atoms with E-state index in [0.29, 0.717) is 28.1 Å². The zero-order valence-electron chi connectivity index (χ0n) is 15.2. The fraction of sp³-hybridized carbons (Fsp3) is 0.136. The van der Waals surface area contributed by atoms with Crippen LogP contribution in [0.1, 0.15) is 17.7 Å². The smallest absolute Gasteiger partial charge is 0.242 e. The number of carbonyl (C=O) groups excluding carboxylic acids is 1. The van der Waals surface area contributed by atoms with E-state index < -0.39 is 5.25 Å². The van der Waals surface area contributed by atoms with Gasteiger partial charge in [0.1, 0.15) is 11.0 Å². The minimum atomic E-state index is -0.508. The molecule has 1 atom stereocenters. The van der Waals surface area contributed by atoms with Gasteiger partial charge in [0.05, 0.1) is 17.3 Å². The predicted molar refractivity (Wildman–Crippen MR) is 118 cm³/mol. The van der Waals surface area contributed by atoms with Crippen LogP contribution in [0.5, 0.6) is 5.75 Å². The molecular weight excluding hydrogens is 413 g/mol. The molecule has 0 aliphatic rings. The molecule has 6 heteroatoms. The number of benzene rings is 3. The molecule has 3 aromatic carbocycles. The van der Waals surface area contributed by atoms with Crippen molar-refractivity contribution in [3.63, 3.8) is 0 Å². The number of halogens is 2. The second-order valence-electron chi connectivity index (χ2n) is 5.90. The molecular formula is C22H19Cl2NO2S. The summed E-state index contributed by atoms with van der Waals surface area (Å²) in [5.74, 6) is 0.468. The van der Waals surface area contributed by atoms with Gasteiger partial charge in [0, 0.05) is 9.92 Å². The van der Waals surface area contributed by atoms with Crippen molar-refractivity contribution in [3.05, 3.63) is 88.4 Å². The maximum absolute atomic E-state index is 13.2. The first kappa shape index (κ1) is 20.6. The van der Waals surface area contributed by atoms with Gasteiger partial charge < -0.3 is 10.1 Å². The SMILES string of the molecule is CCOc1ccccc1NC(=O)[C@H](Sc1cc(Cl)ccc1Cl)c1ccccc1. The molecule has 1 amide bonds. The molecule has 0 fully saturated rings. The summed E-state index contributed by atoms with van der Waals surface area (Å²) in [6, 6.07) is 22.2. The Labute approximate surface area is 179 Å².